The van der Waals surface area contributed by atoms with Crippen molar-refractivity contribution in [1.82, 2.24) is 14.9 Å². The fourth-order valence-electron chi connectivity index (χ4n) is 1.92. The van der Waals surface area contributed by atoms with Crippen LogP contribution in [0.2, 0.25) is 0 Å². The van der Waals surface area contributed by atoms with Gasteiger partial charge in [-0.1, -0.05) is 13.0 Å². The minimum atomic E-state index is -0.358. The minimum Gasteiger partial charge on any atom is -0.333 e. The van der Waals surface area contributed by atoms with Gasteiger partial charge in [-0.25, -0.2) is 9.37 Å². The molecule has 0 atom stereocenters. The third-order valence-corrected chi connectivity index (χ3v) is 2.95. The molecule has 0 aliphatic carbocycles. The van der Waals surface area contributed by atoms with E-state index in [9.17, 15) is 4.39 Å². The maximum atomic E-state index is 13.8. The Hall–Kier alpha value is -2.19. The topological polar surface area (TPSA) is 53.6 Å². The molecule has 0 fully saturated rings. The molecule has 0 amide bonds. The summed E-state index contributed by atoms with van der Waals surface area (Å²) in [6.07, 6.45) is 4.68. The third-order valence-electron chi connectivity index (χ3n) is 2.95. The summed E-state index contributed by atoms with van der Waals surface area (Å²) in [5.41, 5.74) is 1.82. The van der Waals surface area contributed by atoms with E-state index in [1.54, 1.807) is 18.5 Å². The molecule has 0 unspecified atom stereocenters. The molecule has 1 heterocycles. The van der Waals surface area contributed by atoms with E-state index >= 15 is 0 Å². The monoisotopic (exact) mass is 272 g/mol. The van der Waals surface area contributed by atoms with E-state index in [1.165, 1.54) is 6.07 Å². The molecule has 0 aliphatic rings. The van der Waals surface area contributed by atoms with E-state index < -0.39 is 0 Å². The third kappa shape index (κ3) is 3.65. The fourth-order valence-corrected chi connectivity index (χ4v) is 1.92. The molecular weight excluding hydrogens is 255 g/mol. The lowest BCUT2D eigenvalue weighted by Gasteiger charge is -2.04. The molecule has 2 aromatic rings. The molecule has 0 aliphatic heterocycles. The Balaban J connectivity index is 2.01. The number of halogens is 1. The number of nitrogens with one attached hydrogen (secondary N) is 1. The summed E-state index contributed by atoms with van der Waals surface area (Å²) in [7, 11) is 0. The van der Waals surface area contributed by atoms with Crippen LogP contribution in [-0.4, -0.2) is 16.1 Å². The Morgan fingerprint density at radius 1 is 1.45 bits per heavy atom. The first-order valence-electron chi connectivity index (χ1n) is 6.63. The van der Waals surface area contributed by atoms with E-state index in [4.69, 9.17) is 5.26 Å². The zero-order valence-corrected chi connectivity index (χ0v) is 11.4. The number of nitrogens with zero attached hydrogens (tertiary/aromatic N) is 3. The van der Waals surface area contributed by atoms with Crippen LogP contribution >= 0.6 is 0 Å². The minimum absolute atomic E-state index is 0.335. The SMILES string of the molecule is CCCNCc1cn(Cc2ccc(C#N)cc2F)cn1. The van der Waals surface area contributed by atoms with Crippen molar-refractivity contribution in [3.05, 3.63) is 53.4 Å². The molecular formula is C15H17FN4. The normalized spacial score (nSPS) is 10.4. The standard InChI is InChI=1S/C15H17FN4/c1-2-5-18-8-14-10-20(11-19-14)9-13-4-3-12(7-17)6-15(13)16/h3-4,6,10-11,18H,2,5,8-9H2,1H3. The van der Waals surface area contributed by atoms with Crippen molar-refractivity contribution in [2.24, 2.45) is 0 Å². The van der Waals surface area contributed by atoms with Gasteiger partial charge >= 0.3 is 0 Å². The maximum Gasteiger partial charge on any atom is 0.129 e. The van der Waals surface area contributed by atoms with Gasteiger partial charge in [0, 0.05) is 18.3 Å². The van der Waals surface area contributed by atoms with Gasteiger partial charge in [0.05, 0.1) is 30.2 Å². The van der Waals surface area contributed by atoms with Crippen LogP contribution in [0.15, 0.2) is 30.7 Å². The highest BCUT2D eigenvalue weighted by molar-refractivity contribution is 5.33. The van der Waals surface area contributed by atoms with Gasteiger partial charge < -0.3 is 9.88 Å². The van der Waals surface area contributed by atoms with Gasteiger partial charge in [0.15, 0.2) is 0 Å². The summed E-state index contributed by atoms with van der Waals surface area (Å²) in [6, 6.07) is 6.45. The van der Waals surface area contributed by atoms with Crippen molar-refractivity contribution in [1.29, 1.82) is 5.26 Å². The van der Waals surface area contributed by atoms with Gasteiger partial charge in [-0.15, -0.1) is 0 Å². The molecule has 4 nitrogen and oxygen atoms in total. The molecule has 20 heavy (non-hydrogen) atoms. The number of hydrogen-bond acceptors (Lipinski definition) is 3. The molecule has 0 spiro atoms. The zero-order chi connectivity index (χ0) is 14.4. The van der Waals surface area contributed by atoms with Gasteiger partial charge in [0.1, 0.15) is 5.82 Å². The lowest BCUT2D eigenvalue weighted by atomic mass is 10.1. The number of nitriles is 1. The fraction of sp³-hybridized carbons (Fsp3) is 0.333. The largest absolute Gasteiger partial charge is 0.333 e. The predicted octanol–water partition coefficient (Wildman–Crippen LogP) is 2.44. The lowest BCUT2D eigenvalue weighted by molar-refractivity contribution is 0.598. The Morgan fingerprint density at radius 3 is 3.00 bits per heavy atom. The highest BCUT2D eigenvalue weighted by atomic mass is 19.1. The number of imidazole rings is 1. The molecule has 104 valence electrons. The highest BCUT2D eigenvalue weighted by Gasteiger charge is 2.05. The smallest absolute Gasteiger partial charge is 0.129 e. The number of aromatic nitrogens is 2. The van der Waals surface area contributed by atoms with Crippen LogP contribution in [0, 0.1) is 17.1 Å². The maximum absolute atomic E-state index is 13.8. The van der Waals surface area contributed by atoms with Gasteiger partial charge in [-0.2, -0.15) is 5.26 Å². The van der Waals surface area contributed by atoms with Crippen LogP contribution in [0.3, 0.4) is 0 Å². The van der Waals surface area contributed by atoms with Crippen molar-refractivity contribution >= 4 is 0 Å². The van der Waals surface area contributed by atoms with Crippen LogP contribution in [0.25, 0.3) is 0 Å². The number of rotatable bonds is 6. The molecule has 0 radical (unpaired) electrons. The molecule has 2 rings (SSSR count). The average Bonchev–Trinajstić information content (AvgIpc) is 2.89. The van der Waals surface area contributed by atoms with Crippen LogP contribution in [0.4, 0.5) is 4.39 Å². The summed E-state index contributed by atoms with van der Waals surface area (Å²) >= 11 is 0. The van der Waals surface area contributed by atoms with Crippen LogP contribution in [0.5, 0.6) is 0 Å². The number of hydrogen-bond donors (Lipinski definition) is 1. The molecule has 0 bridgehead atoms. The lowest BCUT2D eigenvalue weighted by Crippen LogP contribution is -2.13. The summed E-state index contributed by atoms with van der Waals surface area (Å²) in [6.45, 7) is 4.20. The Kier molecular flexibility index (Phi) is 4.85. The highest BCUT2D eigenvalue weighted by Crippen LogP contribution is 2.12. The van der Waals surface area contributed by atoms with Crippen LogP contribution in [0.1, 0.15) is 30.2 Å². The molecule has 0 saturated carbocycles. The van der Waals surface area contributed by atoms with E-state index in [0.29, 0.717) is 17.7 Å². The van der Waals surface area contributed by atoms with Crippen molar-refractivity contribution < 1.29 is 4.39 Å². The second-order valence-electron chi connectivity index (χ2n) is 4.63. The Bertz CT molecular complexity index is 613. The molecule has 1 aromatic carbocycles. The van der Waals surface area contributed by atoms with E-state index in [1.807, 2.05) is 16.8 Å². The number of benzene rings is 1. The Labute approximate surface area is 117 Å². The second-order valence-corrected chi connectivity index (χ2v) is 4.63. The summed E-state index contributed by atoms with van der Waals surface area (Å²) < 4.78 is 15.6. The summed E-state index contributed by atoms with van der Waals surface area (Å²) in [4.78, 5) is 4.27. The van der Waals surface area contributed by atoms with Gasteiger partial charge in [-0.05, 0) is 25.1 Å². The average molecular weight is 272 g/mol. The summed E-state index contributed by atoms with van der Waals surface area (Å²) in [5.74, 6) is -0.358. The first kappa shape index (κ1) is 14.2. The zero-order valence-electron chi connectivity index (χ0n) is 11.4. The van der Waals surface area contributed by atoms with Crippen LogP contribution in [-0.2, 0) is 13.1 Å². The van der Waals surface area contributed by atoms with Crippen LogP contribution < -0.4 is 5.32 Å². The summed E-state index contributed by atoms with van der Waals surface area (Å²) in [5, 5.41) is 12.0. The first-order chi connectivity index (χ1) is 9.72. The van der Waals surface area contributed by atoms with E-state index in [-0.39, 0.29) is 5.82 Å². The predicted molar refractivity (Wildman–Crippen MR) is 74.4 cm³/mol. The molecule has 1 N–H and O–H groups in total. The van der Waals surface area contributed by atoms with Crippen molar-refractivity contribution in [2.75, 3.05) is 6.54 Å². The molecule has 0 saturated heterocycles. The Morgan fingerprint density at radius 2 is 2.30 bits per heavy atom. The van der Waals surface area contributed by atoms with Gasteiger partial charge in [-0.3, -0.25) is 0 Å². The first-order valence-corrected chi connectivity index (χ1v) is 6.63. The quantitative estimate of drug-likeness (QED) is 0.822. The second kappa shape index (κ2) is 6.83. The van der Waals surface area contributed by atoms with Crippen molar-refractivity contribution in [3.63, 3.8) is 0 Å². The van der Waals surface area contributed by atoms with E-state index in [2.05, 4.69) is 17.2 Å². The van der Waals surface area contributed by atoms with Gasteiger partial charge in [0.25, 0.3) is 0 Å². The van der Waals surface area contributed by atoms with Crippen molar-refractivity contribution in [2.45, 2.75) is 26.4 Å². The van der Waals surface area contributed by atoms with Crippen molar-refractivity contribution in [3.8, 4) is 6.07 Å². The molecule has 5 heteroatoms. The molecule has 1 aromatic heterocycles. The van der Waals surface area contributed by atoms with E-state index in [0.717, 1.165) is 25.2 Å². The van der Waals surface area contributed by atoms with Gasteiger partial charge in [0.2, 0.25) is 0 Å².